The fourth-order valence-corrected chi connectivity index (χ4v) is 2.66. The second-order valence-electron chi connectivity index (χ2n) is 5.95. The standard InChI is InChI=1S/C16H23N3O2/c1-11(2)13-6-4-5-12(3)16(13)18-15(21)10-19-8-7-17-14(20)9-19/h4-6,11H,7-10H2,1-3H3,(H,17,20)(H,18,21)/p+1. The van der Waals surface area contributed by atoms with Gasteiger partial charge in [-0.25, -0.2) is 0 Å². The van der Waals surface area contributed by atoms with E-state index < -0.39 is 0 Å². The van der Waals surface area contributed by atoms with Crippen molar-refractivity contribution in [2.45, 2.75) is 26.7 Å². The number of piperazine rings is 1. The molecule has 0 spiro atoms. The van der Waals surface area contributed by atoms with E-state index in [-0.39, 0.29) is 11.8 Å². The highest BCUT2D eigenvalue weighted by Crippen LogP contribution is 2.27. The molecule has 1 aromatic carbocycles. The molecular weight excluding hydrogens is 266 g/mol. The van der Waals surface area contributed by atoms with Crippen LogP contribution < -0.4 is 15.5 Å². The van der Waals surface area contributed by atoms with E-state index in [9.17, 15) is 9.59 Å². The maximum Gasteiger partial charge on any atom is 0.279 e. The molecule has 1 fully saturated rings. The first-order valence-electron chi connectivity index (χ1n) is 7.47. The molecule has 5 heteroatoms. The molecule has 1 heterocycles. The van der Waals surface area contributed by atoms with Crippen LogP contribution in [0.25, 0.3) is 0 Å². The lowest BCUT2D eigenvalue weighted by Gasteiger charge is -2.23. The fraction of sp³-hybridized carbons (Fsp3) is 0.500. The van der Waals surface area contributed by atoms with Crippen LogP contribution in [0.4, 0.5) is 5.69 Å². The topological polar surface area (TPSA) is 62.6 Å². The maximum absolute atomic E-state index is 12.3. The highest BCUT2D eigenvalue weighted by atomic mass is 16.2. The number of nitrogens with one attached hydrogen (secondary N) is 3. The van der Waals surface area contributed by atoms with Gasteiger partial charge in [0.2, 0.25) is 0 Å². The number of aryl methyl sites for hydroxylation is 1. The quantitative estimate of drug-likeness (QED) is 0.735. The van der Waals surface area contributed by atoms with E-state index in [4.69, 9.17) is 0 Å². The smallest absolute Gasteiger partial charge is 0.279 e. The van der Waals surface area contributed by atoms with Crippen LogP contribution in [0, 0.1) is 6.92 Å². The second kappa shape index (κ2) is 6.72. The Morgan fingerprint density at radius 1 is 1.43 bits per heavy atom. The minimum atomic E-state index is -0.0316. The molecule has 1 saturated heterocycles. The van der Waals surface area contributed by atoms with Crippen LogP contribution in [0.5, 0.6) is 0 Å². The molecule has 1 unspecified atom stereocenters. The molecule has 0 aliphatic carbocycles. The van der Waals surface area contributed by atoms with Crippen LogP contribution in [0.1, 0.15) is 30.9 Å². The van der Waals surface area contributed by atoms with Gasteiger partial charge in [-0.3, -0.25) is 9.59 Å². The van der Waals surface area contributed by atoms with E-state index in [0.29, 0.717) is 25.6 Å². The van der Waals surface area contributed by atoms with Gasteiger partial charge in [-0.2, -0.15) is 0 Å². The molecule has 0 aromatic heterocycles. The molecule has 3 N–H and O–H groups in total. The second-order valence-corrected chi connectivity index (χ2v) is 5.95. The number of amides is 2. The molecule has 0 radical (unpaired) electrons. The Morgan fingerprint density at radius 3 is 2.86 bits per heavy atom. The van der Waals surface area contributed by atoms with Gasteiger partial charge < -0.3 is 15.5 Å². The first-order valence-corrected chi connectivity index (χ1v) is 7.47. The average molecular weight is 290 g/mol. The molecule has 5 nitrogen and oxygen atoms in total. The number of rotatable bonds is 4. The van der Waals surface area contributed by atoms with Crippen molar-refractivity contribution in [3.63, 3.8) is 0 Å². The van der Waals surface area contributed by atoms with Crippen molar-refractivity contribution in [3.8, 4) is 0 Å². The zero-order chi connectivity index (χ0) is 15.4. The van der Waals surface area contributed by atoms with Crippen molar-refractivity contribution in [3.05, 3.63) is 29.3 Å². The summed E-state index contributed by atoms with van der Waals surface area (Å²) in [7, 11) is 0. The van der Waals surface area contributed by atoms with E-state index >= 15 is 0 Å². The zero-order valence-electron chi connectivity index (χ0n) is 13.0. The summed E-state index contributed by atoms with van der Waals surface area (Å²) in [5, 5.41) is 5.81. The summed E-state index contributed by atoms with van der Waals surface area (Å²) < 4.78 is 0. The van der Waals surface area contributed by atoms with E-state index in [0.717, 1.165) is 28.3 Å². The molecule has 0 bridgehead atoms. The van der Waals surface area contributed by atoms with E-state index in [2.05, 4.69) is 30.5 Å². The molecule has 1 atom stereocenters. The number of benzene rings is 1. The van der Waals surface area contributed by atoms with Crippen molar-refractivity contribution in [1.29, 1.82) is 0 Å². The molecule has 1 aromatic rings. The van der Waals surface area contributed by atoms with Crippen molar-refractivity contribution in [2.24, 2.45) is 0 Å². The Bertz CT molecular complexity index is 540. The molecule has 1 aliphatic heterocycles. The number of hydrogen-bond donors (Lipinski definition) is 3. The summed E-state index contributed by atoms with van der Waals surface area (Å²) in [6, 6.07) is 6.07. The van der Waals surface area contributed by atoms with E-state index in [1.165, 1.54) is 0 Å². The third-order valence-electron chi connectivity index (χ3n) is 3.81. The lowest BCUT2D eigenvalue weighted by molar-refractivity contribution is -0.885. The van der Waals surface area contributed by atoms with Crippen LogP contribution in [0.2, 0.25) is 0 Å². The van der Waals surface area contributed by atoms with Gasteiger partial charge >= 0.3 is 0 Å². The Hall–Kier alpha value is -1.88. The monoisotopic (exact) mass is 290 g/mol. The first-order chi connectivity index (χ1) is 9.97. The zero-order valence-corrected chi connectivity index (χ0v) is 13.0. The minimum absolute atomic E-state index is 0.0165. The van der Waals surface area contributed by atoms with Crippen LogP contribution in [-0.4, -0.2) is 38.0 Å². The summed E-state index contributed by atoms with van der Waals surface area (Å²) in [6.45, 7) is 8.38. The number of anilines is 1. The van der Waals surface area contributed by atoms with Crippen LogP contribution in [0.3, 0.4) is 0 Å². The van der Waals surface area contributed by atoms with Crippen LogP contribution >= 0.6 is 0 Å². The summed E-state index contributed by atoms with van der Waals surface area (Å²) in [5.74, 6) is 0.340. The molecule has 21 heavy (non-hydrogen) atoms. The molecule has 0 saturated carbocycles. The van der Waals surface area contributed by atoms with Gasteiger partial charge in [0.05, 0.1) is 13.1 Å². The lowest BCUT2D eigenvalue weighted by Crippen LogP contribution is -3.16. The Morgan fingerprint density at radius 2 is 2.19 bits per heavy atom. The normalized spacial score (nSPS) is 18.5. The molecule has 2 rings (SSSR count). The average Bonchev–Trinajstić information content (AvgIpc) is 2.40. The SMILES string of the molecule is Cc1cccc(C(C)C)c1NC(=O)C[NH+]1CCNC(=O)C1. The third-order valence-corrected chi connectivity index (χ3v) is 3.81. The van der Waals surface area contributed by atoms with Gasteiger partial charge in [0.25, 0.3) is 11.8 Å². The fourth-order valence-electron chi connectivity index (χ4n) is 2.66. The lowest BCUT2D eigenvalue weighted by atomic mass is 9.98. The molecule has 2 amide bonds. The Balaban J connectivity index is 2.04. The highest BCUT2D eigenvalue weighted by molar-refractivity contribution is 5.93. The van der Waals surface area contributed by atoms with Gasteiger partial charge in [0.1, 0.15) is 0 Å². The van der Waals surface area contributed by atoms with E-state index in [1.807, 2.05) is 19.1 Å². The van der Waals surface area contributed by atoms with Crippen LogP contribution in [-0.2, 0) is 9.59 Å². The van der Waals surface area contributed by atoms with Crippen LogP contribution in [0.15, 0.2) is 18.2 Å². The summed E-state index contributed by atoms with van der Waals surface area (Å²) in [5.41, 5.74) is 3.13. The predicted molar refractivity (Wildman–Crippen MR) is 82.5 cm³/mol. The van der Waals surface area contributed by atoms with Crippen molar-refractivity contribution in [1.82, 2.24) is 5.32 Å². The van der Waals surface area contributed by atoms with Gasteiger partial charge in [-0.05, 0) is 24.0 Å². The van der Waals surface area contributed by atoms with Crippen molar-refractivity contribution >= 4 is 17.5 Å². The Labute approximate surface area is 125 Å². The largest absolute Gasteiger partial charge is 0.346 e. The third kappa shape index (κ3) is 4.04. The number of hydrogen-bond acceptors (Lipinski definition) is 2. The van der Waals surface area contributed by atoms with Gasteiger partial charge in [-0.1, -0.05) is 32.0 Å². The minimum Gasteiger partial charge on any atom is -0.346 e. The summed E-state index contributed by atoms with van der Waals surface area (Å²) >= 11 is 0. The van der Waals surface area contributed by atoms with E-state index in [1.54, 1.807) is 0 Å². The van der Waals surface area contributed by atoms with Gasteiger partial charge in [-0.15, -0.1) is 0 Å². The number of para-hydroxylation sites is 1. The highest BCUT2D eigenvalue weighted by Gasteiger charge is 2.22. The van der Waals surface area contributed by atoms with Gasteiger partial charge in [0, 0.05) is 5.69 Å². The van der Waals surface area contributed by atoms with Crippen molar-refractivity contribution in [2.75, 3.05) is 31.5 Å². The Kier molecular flexibility index (Phi) is 4.96. The maximum atomic E-state index is 12.3. The summed E-state index contributed by atoms with van der Waals surface area (Å²) in [4.78, 5) is 24.6. The molecule has 114 valence electrons. The number of quaternary nitrogens is 1. The summed E-state index contributed by atoms with van der Waals surface area (Å²) in [6.07, 6.45) is 0. The van der Waals surface area contributed by atoms with Gasteiger partial charge in [0.15, 0.2) is 13.1 Å². The van der Waals surface area contributed by atoms with Crippen molar-refractivity contribution < 1.29 is 14.5 Å². The molecule has 1 aliphatic rings. The number of carbonyl (C=O) groups is 2. The molecular formula is C16H24N3O2+. The predicted octanol–water partition coefficient (Wildman–Crippen LogP) is 0.0716. The number of carbonyl (C=O) groups excluding carboxylic acids is 2. The first kappa shape index (κ1) is 15.5.